The molecule has 2 aromatic heterocycles. The molecule has 0 saturated carbocycles. The molecule has 0 unspecified atom stereocenters. The lowest BCUT2D eigenvalue weighted by atomic mass is 10.1. The van der Waals surface area contributed by atoms with E-state index in [0.717, 1.165) is 0 Å². The Balaban J connectivity index is 1.84. The Morgan fingerprint density at radius 1 is 1.22 bits per heavy atom. The molecule has 9 heteroatoms. The highest BCUT2D eigenvalue weighted by molar-refractivity contribution is 5.96. The minimum absolute atomic E-state index is 0.299. The molecule has 1 aromatic carbocycles. The van der Waals surface area contributed by atoms with Crippen LogP contribution < -0.4 is 5.32 Å². The number of aliphatic carboxylic acids is 1. The number of carbonyl (C=O) groups is 2. The van der Waals surface area contributed by atoms with Crippen molar-refractivity contribution in [1.82, 2.24) is 15.5 Å². The van der Waals surface area contributed by atoms with Crippen LogP contribution in [0.2, 0.25) is 0 Å². The second kappa shape index (κ2) is 7.37. The Morgan fingerprint density at radius 3 is 2.74 bits per heavy atom. The van der Waals surface area contributed by atoms with E-state index in [4.69, 9.17) is 14.9 Å². The maximum absolute atomic E-state index is 11.8. The van der Waals surface area contributed by atoms with Gasteiger partial charge in [-0.1, -0.05) is 17.3 Å². The van der Waals surface area contributed by atoms with Crippen molar-refractivity contribution in [3.63, 3.8) is 0 Å². The van der Waals surface area contributed by atoms with Crippen LogP contribution in [0.25, 0.3) is 22.6 Å². The van der Waals surface area contributed by atoms with Gasteiger partial charge < -0.3 is 20.1 Å². The number of amides is 1. The van der Waals surface area contributed by atoms with E-state index in [1.807, 2.05) is 6.07 Å². The quantitative estimate of drug-likeness (QED) is 0.620. The zero-order chi connectivity index (χ0) is 19.4. The summed E-state index contributed by atoms with van der Waals surface area (Å²) in [6.45, 7) is -0.588. The minimum atomic E-state index is -1.21. The number of benzene rings is 1. The van der Waals surface area contributed by atoms with Crippen molar-refractivity contribution in [2.24, 2.45) is 0 Å². The van der Waals surface area contributed by atoms with Gasteiger partial charge >= 0.3 is 5.97 Å². The number of carboxylic acid groups (broad SMARTS) is 1. The first kappa shape index (κ1) is 17.6. The van der Waals surface area contributed by atoms with Crippen molar-refractivity contribution in [3.8, 4) is 34.4 Å². The van der Waals surface area contributed by atoms with Crippen molar-refractivity contribution >= 4 is 11.9 Å². The van der Waals surface area contributed by atoms with E-state index >= 15 is 0 Å². The van der Waals surface area contributed by atoms with Crippen molar-refractivity contribution in [2.45, 2.75) is 0 Å². The monoisotopic (exact) mass is 364 g/mol. The number of rotatable bonds is 5. The van der Waals surface area contributed by atoms with Crippen LogP contribution in [0.15, 0.2) is 47.1 Å². The number of pyridine rings is 1. The molecule has 3 rings (SSSR count). The second-order valence-electron chi connectivity index (χ2n) is 5.44. The highest BCUT2D eigenvalue weighted by atomic mass is 16.5. The molecular weight excluding hydrogens is 352 g/mol. The maximum Gasteiger partial charge on any atom is 0.322 e. The van der Waals surface area contributed by atoms with Gasteiger partial charge in [0.1, 0.15) is 18.0 Å². The first-order valence-electron chi connectivity index (χ1n) is 7.64. The van der Waals surface area contributed by atoms with E-state index in [2.05, 4.69) is 15.5 Å². The van der Waals surface area contributed by atoms with Crippen LogP contribution in [0.4, 0.5) is 0 Å². The molecule has 0 radical (unpaired) electrons. The zero-order valence-corrected chi connectivity index (χ0v) is 13.7. The van der Waals surface area contributed by atoms with Gasteiger partial charge in [0.25, 0.3) is 5.91 Å². The van der Waals surface area contributed by atoms with E-state index in [9.17, 15) is 14.7 Å². The van der Waals surface area contributed by atoms with E-state index < -0.39 is 24.2 Å². The normalized spacial score (nSPS) is 10.2. The summed E-state index contributed by atoms with van der Waals surface area (Å²) in [5, 5.41) is 33.6. The topological polar surface area (TPSA) is 149 Å². The van der Waals surface area contributed by atoms with Crippen LogP contribution in [0, 0.1) is 11.3 Å². The molecule has 0 fully saturated rings. The summed E-state index contributed by atoms with van der Waals surface area (Å²) in [5.74, 6) is -2.16. The lowest BCUT2D eigenvalue weighted by molar-refractivity contribution is -0.135. The lowest BCUT2D eigenvalue weighted by Gasteiger charge is -2.05. The smallest absolute Gasteiger partial charge is 0.322 e. The molecule has 27 heavy (non-hydrogen) atoms. The van der Waals surface area contributed by atoms with Crippen molar-refractivity contribution in [3.05, 3.63) is 53.9 Å². The number of aromatic nitrogens is 2. The van der Waals surface area contributed by atoms with E-state index in [1.165, 1.54) is 12.3 Å². The fraction of sp³-hybridized carbons (Fsp3) is 0.0556. The Hall–Kier alpha value is -4.19. The van der Waals surface area contributed by atoms with Crippen LogP contribution in [0.3, 0.4) is 0 Å². The number of aromatic hydroxyl groups is 1. The third-order valence-electron chi connectivity index (χ3n) is 3.56. The van der Waals surface area contributed by atoms with E-state index in [-0.39, 0.29) is 5.69 Å². The molecule has 9 nitrogen and oxygen atoms in total. The maximum atomic E-state index is 11.8. The number of hydrogen-bond acceptors (Lipinski definition) is 7. The van der Waals surface area contributed by atoms with Crippen molar-refractivity contribution in [1.29, 1.82) is 5.26 Å². The molecule has 3 N–H and O–H groups in total. The fourth-order valence-corrected chi connectivity index (χ4v) is 2.30. The Labute approximate surface area is 152 Å². The zero-order valence-electron chi connectivity index (χ0n) is 13.7. The van der Waals surface area contributed by atoms with Gasteiger partial charge in [-0.25, -0.2) is 4.98 Å². The molecule has 0 bridgehead atoms. The van der Waals surface area contributed by atoms with Gasteiger partial charge in [-0.2, -0.15) is 5.26 Å². The Morgan fingerprint density at radius 2 is 2.04 bits per heavy atom. The number of nitrogens with one attached hydrogen (secondary N) is 1. The van der Waals surface area contributed by atoms with Crippen LogP contribution >= 0.6 is 0 Å². The van der Waals surface area contributed by atoms with Gasteiger partial charge in [0, 0.05) is 23.4 Å². The molecule has 0 atom stereocenters. The SMILES string of the molecule is N#Cc1cccc(-c2cc(-c3cnc(C(=O)NCC(=O)O)c(O)c3)on2)c1. The van der Waals surface area contributed by atoms with Gasteiger partial charge in [0.15, 0.2) is 11.5 Å². The van der Waals surface area contributed by atoms with Gasteiger partial charge in [0.05, 0.1) is 11.6 Å². The molecule has 1 amide bonds. The highest BCUT2D eigenvalue weighted by Gasteiger charge is 2.17. The van der Waals surface area contributed by atoms with Crippen LogP contribution in [-0.2, 0) is 4.79 Å². The Kier molecular flexibility index (Phi) is 4.81. The number of nitrogens with zero attached hydrogens (tertiary/aromatic N) is 3. The molecule has 0 aliphatic heterocycles. The average molecular weight is 364 g/mol. The molecular formula is C18H12N4O5. The molecule has 0 spiro atoms. The summed E-state index contributed by atoms with van der Waals surface area (Å²) in [6.07, 6.45) is 1.30. The summed E-state index contributed by atoms with van der Waals surface area (Å²) in [7, 11) is 0. The number of carbonyl (C=O) groups excluding carboxylic acids is 1. The summed E-state index contributed by atoms with van der Waals surface area (Å²) in [5.41, 5.74) is 1.72. The van der Waals surface area contributed by atoms with Crippen LogP contribution in [0.1, 0.15) is 16.1 Å². The second-order valence-corrected chi connectivity index (χ2v) is 5.44. The van der Waals surface area contributed by atoms with Crippen LogP contribution in [0.5, 0.6) is 5.75 Å². The molecule has 3 aromatic rings. The molecule has 0 aliphatic carbocycles. The predicted octanol–water partition coefficient (Wildman–Crippen LogP) is 1.80. The van der Waals surface area contributed by atoms with Crippen molar-refractivity contribution < 1.29 is 24.3 Å². The average Bonchev–Trinajstić information content (AvgIpc) is 3.16. The first-order chi connectivity index (χ1) is 13.0. The first-order valence-corrected chi connectivity index (χ1v) is 7.64. The Bertz CT molecular complexity index is 1070. The summed E-state index contributed by atoms with van der Waals surface area (Å²) in [6, 6.07) is 11.7. The molecule has 0 saturated heterocycles. The third kappa shape index (κ3) is 3.91. The number of hydrogen-bond donors (Lipinski definition) is 3. The predicted molar refractivity (Wildman–Crippen MR) is 91.5 cm³/mol. The fourth-order valence-electron chi connectivity index (χ4n) is 2.30. The van der Waals surface area contributed by atoms with E-state index in [1.54, 1.807) is 30.3 Å². The van der Waals surface area contributed by atoms with Gasteiger partial charge in [0.2, 0.25) is 0 Å². The summed E-state index contributed by atoms with van der Waals surface area (Å²) in [4.78, 5) is 26.1. The third-order valence-corrected chi connectivity index (χ3v) is 3.56. The standard InChI is InChI=1S/C18H12N4O5/c19-7-10-2-1-3-11(4-10)13-6-15(27-22-13)12-5-14(23)17(20-8-12)18(26)21-9-16(24)25/h1-6,8,23H,9H2,(H,21,26)(H,24,25). The van der Waals surface area contributed by atoms with Gasteiger partial charge in [-0.05, 0) is 18.2 Å². The van der Waals surface area contributed by atoms with Gasteiger partial charge in [-0.15, -0.1) is 0 Å². The van der Waals surface area contributed by atoms with Crippen molar-refractivity contribution in [2.75, 3.05) is 6.54 Å². The highest BCUT2D eigenvalue weighted by Crippen LogP contribution is 2.28. The molecule has 134 valence electrons. The summed E-state index contributed by atoms with van der Waals surface area (Å²) >= 11 is 0. The van der Waals surface area contributed by atoms with Crippen LogP contribution in [-0.4, -0.2) is 38.8 Å². The molecule has 2 heterocycles. The largest absolute Gasteiger partial charge is 0.505 e. The lowest BCUT2D eigenvalue weighted by Crippen LogP contribution is -2.29. The number of carboxylic acids is 1. The van der Waals surface area contributed by atoms with Gasteiger partial charge in [-0.3, -0.25) is 9.59 Å². The number of nitriles is 1. The summed E-state index contributed by atoms with van der Waals surface area (Å²) < 4.78 is 5.25. The minimum Gasteiger partial charge on any atom is -0.505 e. The molecule has 0 aliphatic rings. The van der Waals surface area contributed by atoms with E-state index in [0.29, 0.717) is 28.1 Å².